The van der Waals surface area contributed by atoms with Gasteiger partial charge in [0.15, 0.2) is 5.60 Å². The van der Waals surface area contributed by atoms with Gasteiger partial charge in [0.25, 0.3) is 5.91 Å². The zero-order valence-corrected chi connectivity index (χ0v) is 26.5. The number of halogens is 3. The van der Waals surface area contributed by atoms with Crippen molar-refractivity contribution in [2.45, 2.75) is 68.6 Å². The number of amides is 1. The van der Waals surface area contributed by atoms with E-state index >= 15 is 4.39 Å². The monoisotopic (exact) mass is 662 g/mol. The molecule has 3 aromatic rings. The smallest absolute Gasteiger partial charge is 0.306 e. The minimum absolute atomic E-state index is 0.110. The molecule has 1 aliphatic heterocycles. The molecule has 0 radical (unpaired) electrons. The van der Waals surface area contributed by atoms with E-state index in [1.54, 1.807) is 61.5 Å². The van der Waals surface area contributed by atoms with Crippen molar-refractivity contribution in [3.8, 4) is 0 Å². The third-order valence-corrected chi connectivity index (χ3v) is 10.9. The second-order valence-corrected chi connectivity index (χ2v) is 14.4. The van der Waals surface area contributed by atoms with Crippen LogP contribution in [0, 0.1) is 5.82 Å². The first-order valence-electron chi connectivity index (χ1n) is 14.3. The van der Waals surface area contributed by atoms with Crippen LogP contribution in [0.3, 0.4) is 0 Å². The van der Waals surface area contributed by atoms with Crippen LogP contribution in [0.25, 0.3) is 0 Å². The lowest BCUT2D eigenvalue weighted by molar-refractivity contribution is -0.206. The molecule has 1 heterocycles. The molecule has 44 heavy (non-hydrogen) atoms. The normalized spacial score (nSPS) is 22.9. The van der Waals surface area contributed by atoms with E-state index in [4.69, 9.17) is 27.9 Å². The number of rotatable bonds is 11. The third kappa shape index (κ3) is 6.44. The van der Waals surface area contributed by atoms with Crippen LogP contribution in [0.15, 0.2) is 72.8 Å². The molecule has 1 aliphatic carbocycles. The highest BCUT2D eigenvalue weighted by Gasteiger charge is 2.54. The minimum atomic E-state index is -3.98. The number of carboxylic acids is 1. The summed E-state index contributed by atoms with van der Waals surface area (Å²) in [6.45, 7) is 2.98. The van der Waals surface area contributed by atoms with E-state index in [-0.39, 0.29) is 18.7 Å². The Balaban J connectivity index is 1.69. The fourth-order valence-corrected chi connectivity index (χ4v) is 8.03. The second kappa shape index (κ2) is 12.7. The number of para-hydroxylation sites is 1. The van der Waals surface area contributed by atoms with E-state index in [1.807, 2.05) is 0 Å². The third-order valence-electron chi connectivity index (χ3n) is 8.15. The van der Waals surface area contributed by atoms with Gasteiger partial charge in [-0.3, -0.25) is 13.9 Å². The van der Waals surface area contributed by atoms with Crippen LogP contribution >= 0.6 is 23.2 Å². The molecule has 0 bridgehead atoms. The Morgan fingerprint density at radius 2 is 1.75 bits per heavy atom. The molecule has 4 atom stereocenters. The van der Waals surface area contributed by atoms with Crippen molar-refractivity contribution in [1.29, 1.82) is 0 Å². The molecule has 8 nitrogen and oxygen atoms in total. The van der Waals surface area contributed by atoms with Crippen LogP contribution in [-0.2, 0) is 24.3 Å². The van der Waals surface area contributed by atoms with Crippen molar-refractivity contribution >= 4 is 50.8 Å². The number of carbonyl (C=O) groups excluding carboxylic acids is 1. The van der Waals surface area contributed by atoms with E-state index in [9.17, 15) is 23.1 Å². The molecule has 0 unspecified atom stereocenters. The maximum atomic E-state index is 15.2. The van der Waals surface area contributed by atoms with Gasteiger partial charge in [-0.1, -0.05) is 66.5 Å². The summed E-state index contributed by atoms with van der Waals surface area (Å²) < 4.78 is 50.2. The number of hydrogen-bond acceptors (Lipinski definition) is 5. The van der Waals surface area contributed by atoms with E-state index in [0.717, 1.165) is 4.31 Å². The van der Waals surface area contributed by atoms with Crippen molar-refractivity contribution in [3.05, 3.63) is 99.8 Å². The maximum absolute atomic E-state index is 15.2. The molecule has 12 heteroatoms. The summed E-state index contributed by atoms with van der Waals surface area (Å²) >= 11 is 12.6. The number of carboxylic acid groups (broad SMARTS) is 1. The summed E-state index contributed by atoms with van der Waals surface area (Å²) in [6, 6.07) is 17.7. The van der Waals surface area contributed by atoms with Gasteiger partial charge in [-0.15, -0.1) is 0 Å². The van der Waals surface area contributed by atoms with Gasteiger partial charge in [0.1, 0.15) is 11.9 Å². The van der Waals surface area contributed by atoms with Gasteiger partial charge in [-0.25, -0.2) is 12.8 Å². The number of hydrogen-bond donors (Lipinski definition) is 1. The predicted octanol–water partition coefficient (Wildman–Crippen LogP) is 6.78. The number of anilines is 1. The van der Waals surface area contributed by atoms with Gasteiger partial charge in [-0.2, -0.15) is 0 Å². The highest BCUT2D eigenvalue weighted by Crippen LogP contribution is 2.48. The number of aliphatic carboxylic acids is 1. The fourth-order valence-electron chi connectivity index (χ4n) is 5.81. The largest absolute Gasteiger partial charge is 0.481 e. The Kier molecular flexibility index (Phi) is 9.28. The molecule has 2 aliphatic rings. The lowest BCUT2D eigenvalue weighted by Crippen LogP contribution is -2.62. The topological polar surface area (TPSA) is 104 Å². The molecule has 5 rings (SSSR count). The number of ether oxygens (including phenoxy) is 1. The van der Waals surface area contributed by atoms with Crippen molar-refractivity contribution < 1.29 is 32.2 Å². The maximum Gasteiger partial charge on any atom is 0.306 e. The Bertz CT molecular complexity index is 1650. The molecular weight excluding hydrogens is 630 g/mol. The fraction of sp³-hybridized carbons (Fsp3) is 0.375. The van der Waals surface area contributed by atoms with Gasteiger partial charge >= 0.3 is 5.97 Å². The summed E-state index contributed by atoms with van der Waals surface area (Å²) in [5.41, 5.74) is -0.696. The first-order valence-corrected chi connectivity index (χ1v) is 16.6. The van der Waals surface area contributed by atoms with E-state index < -0.39 is 63.2 Å². The average Bonchev–Trinajstić information content (AvgIpc) is 3.83. The van der Waals surface area contributed by atoms with Crippen molar-refractivity contribution in [2.75, 3.05) is 10.8 Å². The molecule has 1 N–H and O–H groups in total. The highest BCUT2D eigenvalue weighted by molar-refractivity contribution is 7.93. The Hall–Kier alpha value is -3.18. The van der Waals surface area contributed by atoms with Crippen LogP contribution in [0.1, 0.15) is 62.8 Å². The summed E-state index contributed by atoms with van der Waals surface area (Å²) in [4.78, 5) is 28.1. The van der Waals surface area contributed by atoms with E-state index in [1.165, 1.54) is 30.0 Å². The number of morpholine rings is 1. The standard InChI is InChI=1S/C32H33Cl2FN2O6S/c1-3-24(19-36(44(41,42)25-15-16-25)27-10-5-4-9-26(27)35)37-29(20-11-13-22(33)14-12-20)30(21-7-6-8-23(34)17-21)43-32(2,31(37)40)18-28(38)39/h4-14,17,24-25,29-30H,3,15-16,18-19H2,1-2H3,(H,38,39)/t24-,29+,30+,32+/m0/s1. The van der Waals surface area contributed by atoms with Crippen molar-refractivity contribution in [1.82, 2.24) is 4.90 Å². The van der Waals surface area contributed by atoms with Crippen LogP contribution in [0.2, 0.25) is 10.0 Å². The molecule has 1 amide bonds. The molecule has 1 saturated heterocycles. The predicted molar refractivity (Wildman–Crippen MR) is 167 cm³/mol. The van der Waals surface area contributed by atoms with Crippen molar-refractivity contribution in [3.63, 3.8) is 0 Å². The van der Waals surface area contributed by atoms with Crippen LogP contribution < -0.4 is 4.31 Å². The molecule has 0 aromatic heterocycles. The lowest BCUT2D eigenvalue weighted by atomic mass is 9.85. The van der Waals surface area contributed by atoms with E-state index in [0.29, 0.717) is 34.0 Å². The molecule has 0 spiro atoms. The first-order chi connectivity index (χ1) is 20.9. The molecule has 3 aromatic carbocycles. The molecule has 1 saturated carbocycles. The summed E-state index contributed by atoms with van der Waals surface area (Å²) in [6.07, 6.45) is -0.344. The van der Waals surface area contributed by atoms with Crippen molar-refractivity contribution in [2.24, 2.45) is 0 Å². The van der Waals surface area contributed by atoms with Gasteiger partial charge in [0.2, 0.25) is 10.0 Å². The zero-order chi connectivity index (χ0) is 31.8. The Morgan fingerprint density at radius 1 is 1.07 bits per heavy atom. The Labute approximate surface area is 266 Å². The SMILES string of the molecule is CC[C@@H](CN(c1ccccc1F)S(=O)(=O)C1CC1)N1C(=O)[C@@](C)(CC(=O)O)O[C@H](c2cccc(Cl)c2)[C@H]1c1ccc(Cl)cc1. The Morgan fingerprint density at radius 3 is 2.34 bits per heavy atom. The number of nitrogens with zero attached hydrogens (tertiary/aromatic N) is 2. The number of sulfonamides is 1. The second-order valence-electron chi connectivity index (χ2n) is 11.4. The van der Waals surface area contributed by atoms with Gasteiger partial charge in [0, 0.05) is 10.0 Å². The summed E-state index contributed by atoms with van der Waals surface area (Å²) in [7, 11) is -3.98. The number of carbonyl (C=O) groups is 2. The van der Waals surface area contributed by atoms with Crippen LogP contribution in [0.5, 0.6) is 0 Å². The molecule has 234 valence electrons. The molecular formula is C32H33Cl2FN2O6S. The summed E-state index contributed by atoms with van der Waals surface area (Å²) in [5.74, 6) is -2.57. The van der Waals surface area contributed by atoms with E-state index in [2.05, 4.69) is 0 Å². The van der Waals surface area contributed by atoms with Gasteiger partial charge in [0.05, 0.1) is 36.0 Å². The quantitative estimate of drug-likeness (QED) is 0.243. The lowest BCUT2D eigenvalue weighted by Gasteiger charge is -2.52. The highest BCUT2D eigenvalue weighted by atomic mass is 35.5. The van der Waals surface area contributed by atoms with Gasteiger partial charge < -0.3 is 14.7 Å². The zero-order valence-electron chi connectivity index (χ0n) is 24.2. The first kappa shape index (κ1) is 32.2. The van der Waals surface area contributed by atoms with Crippen LogP contribution in [-0.4, -0.2) is 53.7 Å². The number of benzene rings is 3. The van der Waals surface area contributed by atoms with Crippen LogP contribution in [0.4, 0.5) is 10.1 Å². The van der Waals surface area contributed by atoms with Gasteiger partial charge in [-0.05, 0) is 73.7 Å². The average molecular weight is 664 g/mol. The summed E-state index contributed by atoms with van der Waals surface area (Å²) in [5, 5.41) is 10.1. The minimum Gasteiger partial charge on any atom is -0.481 e. The molecule has 2 fully saturated rings.